The summed E-state index contributed by atoms with van der Waals surface area (Å²) >= 11 is 0. The minimum Gasteiger partial charge on any atom is -0.489 e. The second kappa shape index (κ2) is 10.5. The van der Waals surface area contributed by atoms with Crippen LogP contribution in [0.15, 0.2) is 66.7 Å². The Bertz CT molecular complexity index is 1510. The standard InChI is InChI=1S/C36H40N2O4/c1-24-9-11-25(12-10-24)15-18-37-34(40)27-5-3-6-29(19-27)38-32(39)20-28-22-35(38,2)42-33-30(28)7-4-8-31(33)41-23-36-16-13-26(21-36)14-17-36/h3-12,19,26,28H,13-18,20-23H2,1-2H3,(H,37,40). The molecular formula is C36H40N2O4. The van der Waals surface area contributed by atoms with Crippen molar-refractivity contribution in [1.82, 2.24) is 5.32 Å². The Morgan fingerprint density at radius 3 is 2.60 bits per heavy atom. The Hall–Kier alpha value is -3.80. The Morgan fingerprint density at radius 1 is 1.05 bits per heavy atom. The fourth-order valence-corrected chi connectivity index (χ4v) is 7.92. The number of amides is 2. The highest BCUT2D eigenvalue weighted by atomic mass is 16.5. The van der Waals surface area contributed by atoms with Gasteiger partial charge in [-0.25, -0.2) is 0 Å². The fraction of sp³-hybridized carbons (Fsp3) is 0.444. The quantitative estimate of drug-likeness (QED) is 0.322. The molecule has 2 unspecified atom stereocenters. The SMILES string of the molecule is Cc1ccc(CCNC(=O)c2cccc(N3C(=O)CC4CC3(C)Oc3c(OCC56CCC(CC5)C6)cccc34)c2)cc1. The second-order valence-corrected chi connectivity index (χ2v) is 13.3. The molecule has 6 nitrogen and oxygen atoms in total. The van der Waals surface area contributed by atoms with Gasteiger partial charge in [0.15, 0.2) is 17.2 Å². The normalized spacial score (nSPS) is 27.4. The molecule has 2 heterocycles. The molecular weight excluding hydrogens is 524 g/mol. The molecule has 0 spiro atoms. The van der Waals surface area contributed by atoms with E-state index in [1.54, 1.807) is 11.0 Å². The molecule has 1 N–H and O–H groups in total. The number of fused-ring (bicyclic) bond motifs is 6. The van der Waals surface area contributed by atoms with E-state index in [9.17, 15) is 9.59 Å². The lowest BCUT2D eigenvalue weighted by atomic mass is 9.80. The number of anilines is 1. The summed E-state index contributed by atoms with van der Waals surface area (Å²) < 4.78 is 13.3. The number of ether oxygens (including phenoxy) is 2. The summed E-state index contributed by atoms with van der Waals surface area (Å²) in [6.45, 7) is 5.32. The number of carbonyl (C=O) groups excluding carboxylic acids is 2. The molecule has 0 radical (unpaired) electrons. The molecule has 4 aliphatic rings. The number of benzene rings is 3. The van der Waals surface area contributed by atoms with E-state index in [4.69, 9.17) is 9.47 Å². The number of hydrogen-bond acceptors (Lipinski definition) is 4. The van der Waals surface area contributed by atoms with Crippen LogP contribution in [0.25, 0.3) is 0 Å². The first-order chi connectivity index (χ1) is 20.3. The molecule has 2 atom stereocenters. The minimum atomic E-state index is -0.878. The molecule has 218 valence electrons. The van der Waals surface area contributed by atoms with Crippen LogP contribution >= 0.6 is 0 Å². The van der Waals surface area contributed by atoms with Crippen molar-refractivity contribution in [2.24, 2.45) is 11.3 Å². The predicted molar refractivity (Wildman–Crippen MR) is 163 cm³/mol. The van der Waals surface area contributed by atoms with E-state index in [0.29, 0.717) is 36.1 Å². The fourth-order valence-electron chi connectivity index (χ4n) is 7.92. The van der Waals surface area contributed by atoms with Crippen LogP contribution in [0.5, 0.6) is 11.5 Å². The van der Waals surface area contributed by atoms with Crippen LogP contribution in [0.4, 0.5) is 5.69 Å². The van der Waals surface area contributed by atoms with Gasteiger partial charge in [0.05, 0.1) is 6.61 Å². The van der Waals surface area contributed by atoms with Crippen molar-refractivity contribution in [2.45, 2.75) is 76.9 Å². The zero-order valence-corrected chi connectivity index (χ0v) is 24.7. The molecule has 3 fully saturated rings. The molecule has 2 amide bonds. The molecule has 2 saturated carbocycles. The molecule has 7 rings (SSSR count). The molecule has 0 aromatic heterocycles. The van der Waals surface area contributed by atoms with Crippen molar-refractivity contribution in [3.63, 3.8) is 0 Å². The molecule has 42 heavy (non-hydrogen) atoms. The van der Waals surface area contributed by atoms with Gasteiger partial charge < -0.3 is 14.8 Å². The Kier molecular flexibility index (Phi) is 6.75. The average Bonchev–Trinajstić information content (AvgIpc) is 3.59. The smallest absolute Gasteiger partial charge is 0.251 e. The van der Waals surface area contributed by atoms with Gasteiger partial charge in [0.25, 0.3) is 5.91 Å². The number of hydrogen-bond donors (Lipinski definition) is 1. The number of nitrogens with zero attached hydrogens (tertiary/aromatic N) is 1. The van der Waals surface area contributed by atoms with Gasteiger partial charge in [-0.05, 0) is 88.1 Å². The summed E-state index contributed by atoms with van der Waals surface area (Å²) in [4.78, 5) is 28.5. The van der Waals surface area contributed by atoms with Crippen molar-refractivity contribution in [1.29, 1.82) is 0 Å². The van der Waals surface area contributed by atoms with E-state index in [2.05, 4.69) is 42.6 Å². The van der Waals surface area contributed by atoms with Crippen LogP contribution < -0.4 is 19.7 Å². The molecule has 1 saturated heterocycles. The molecule has 6 heteroatoms. The van der Waals surface area contributed by atoms with Crippen LogP contribution in [0.2, 0.25) is 0 Å². The zero-order valence-electron chi connectivity index (χ0n) is 24.7. The van der Waals surface area contributed by atoms with Crippen molar-refractivity contribution in [3.05, 3.63) is 89.0 Å². The van der Waals surface area contributed by atoms with Crippen LogP contribution in [0, 0.1) is 18.3 Å². The summed E-state index contributed by atoms with van der Waals surface area (Å²) in [7, 11) is 0. The molecule has 2 aliphatic heterocycles. The summed E-state index contributed by atoms with van der Waals surface area (Å²) in [5.74, 6) is 2.34. The largest absolute Gasteiger partial charge is 0.489 e. The first-order valence-corrected chi connectivity index (χ1v) is 15.5. The lowest BCUT2D eigenvalue weighted by molar-refractivity contribution is -0.127. The van der Waals surface area contributed by atoms with E-state index >= 15 is 0 Å². The first-order valence-electron chi connectivity index (χ1n) is 15.5. The van der Waals surface area contributed by atoms with Crippen LogP contribution in [-0.4, -0.2) is 30.7 Å². The lowest BCUT2D eigenvalue weighted by Gasteiger charge is -2.50. The minimum absolute atomic E-state index is 0.00416. The first kappa shape index (κ1) is 27.1. The number of para-hydroxylation sites is 1. The van der Waals surface area contributed by atoms with E-state index in [1.165, 1.54) is 43.2 Å². The van der Waals surface area contributed by atoms with Gasteiger partial charge in [0.1, 0.15) is 0 Å². The lowest BCUT2D eigenvalue weighted by Crippen LogP contribution is -2.60. The maximum atomic E-state index is 13.6. The summed E-state index contributed by atoms with van der Waals surface area (Å²) in [5, 5.41) is 3.03. The molecule has 2 aliphatic carbocycles. The Balaban J connectivity index is 1.09. The van der Waals surface area contributed by atoms with Crippen molar-refractivity contribution < 1.29 is 19.1 Å². The number of piperidine rings is 1. The Morgan fingerprint density at radius 2 is 1.83 bits per heavy atom. The number of rotatable bonds is 8. The highest BCUT2D eigenvalue weighted by Gasteiger charge is 2.51. The number of carbonyl (C=O) groups is 2. The third-order valence-corrected chi connectivity index (χ3v) is 10.1. The third-order valence-electron chi connectivity index (χ3n) is 10.1. The predicted octanol–water partition coefficient (Wildman–Crippen LogP) is 6.95. The second-order valence-electron chi connectivity index (χ2n) is 13.3. The number of nitrogens with one attached hydrogen (secondary N) is 1. The van der Waals surface area contributed by atoms with Gasteiger partial charge in [-0.1, -0.05) is 48.0 Å². The van der Waals surface area contributed by atoms with Crippen molar-refractivity contribution >= 4 is 17.5 Å². The third kappa shape index (κ3) is 4.95. The van der Waals surface area contributed by atoms with Gasteiger partial charge >= 0.3 is 0 Å². The average molecular weight is 565 g/mol. The molecule has 4 bridgehead atoms. The van der Waals surface area contributed by atoms with Gasteiger partial charge in [-0.2, -0.15) is 0 Å². The van der Waals surface area contributed by atoms with E-state index in [0.717, 1.165) is 36.0 Å². The van der Waals surface area contributed by atoms with Crippen LogP contribution in [0.3, 0.4) is 0 Å². The van der Waals surface area contributed by atoms with Gasteiger partial charge in [-0.3, -0.25) is 14.5 Å². The van der Waals surface area contributed by atoms with E-state index in [1.807, 2.05) is 37.3 Å². The summed E-state index contributed by atoms with van der Waals surface area (Å²) in [6, 6.07) is 21.8. The monoisotopic (exact) mass is 564 g/mol. The van der Waals surface area contributed by atoms with Gasteiger partial charge in [0, 0.05) is 47.5 Å². The summed E-state index contributed by atoms with van der Waals surface area (Å²) in [6.07, 6.45) is 8.29. The van der Waals surface area contributed by atoms with Gasteiger partial charge in [0.2, 0.25) is 5.91 Å². The maximum Gasteiger partial charge on any atom is 0.251 e. The van der Waals surface area contributed by atoms with Crippen LogP contribution in [-0.2, 0) is 11.2 Å². The van der Waals surface area contributed by atoms with E-state index < -0.39 is 5.72 Å². The molecule has 3 aromatic rings. The highest BCUT2D eigenvalue weighted by molar-refractivity contribution is 5.99. The van der Waals surface area contributed by atoms with E-state index in [-0.39, 0.29) is 17.7 Å². The van der Waals surface area contributed by atoms with Crippen LogP contribution in [0.1, 0.15) is 84.8 Å². The highest BCUT2D eigenvalue weighted by Crippen LogP contribution is 2.56. The maximum absolute atomic E-state index is 13.6. The Labute approximate surface area is 248 Å². The van der Waals surface area contributed by atoms with Crippen molar-refractivity contribution in [2.75, 3.05) is 18.1 Å². The van der Waals surface area contributed by atoms with Crippen molar-refractivity contribution in [3.8, 4) is 11.5 Å². The number of aryl methyl sites for hydroxylation is 1. The topological polar surface area (TPSA) is 67.9 Å². The summed E-state index contributed by atoms with van der Waals surface area (Å²) in [5.41, 5.74) is 4.10. The molecule has 3 aromatic carbocycles. The van der Waals surface area contributed by atoms with Gasteiger partial charge in [-0.15, -0.1) is 0 Å². The zero-order chi connectivity index (χ0) is 28.9.